The summed E-state index contributed by atoms with van der Waals surface area (Å²) in [6, 6.07) is 12.2. The van der Waals surface area contributed by atoms with Crippen LogP contribution in [0.15, 0.2) is 52.1 Å². The SMILES string of the molecule is CCOC(=O)[C@H]1CCCN(C(=O)c2nn(-c3ccc(C)c(C)c3)c(=O)n(Cc3ccccc3Cl)c2=O)C1. The van der Waals surface area contributed by atoms with Crippen LogP contribution in [-0.4, -0.2) is 50.8 Å². The zero-order chi connectivity index (χ0) is 26.7. The van der Waals surface area contributed by atoms with Gasteiger partial charge in [-0.1, -0.05) is 35.9 Å². The topological polar surface area (TPSA) is 104 Å². The Bertz CT molecular complexity index is 1460. The van der Waals surface area contributed by atoms with Gasteiger partial charge in [0, 0.05) is 18.1 Å². The van der Waals surface area contributed by atoms with Gasteiger partial charge in [-0.3, -0.25) is 19.0 Å². The number of benzene rings is 2. The highest BCUT2D eigenvalue weighted by molar-refractivity contribution is 6.31. The second kappa shape index (κ2) is 11.1. The highest BCUT2D eigenvalue weighted by Crippen LogP contribution is 2.20. The Morgan fingerprint density at radius 2 is 1.86 bits per heavy atom. The predicted molar refractivity (Wildman–Crippen MR) is 139 cm³/mol. The van der Waals surface area contributed by atoms with E-state index in [-0.39, 0.29) is 25.7 Å². The molecule has 0 spiro atoms. The summed E-state index contributed by atoms with van der Waals surface area (Å²) in [5.74, 6) is -1.48. The average molecular weight is 525 g/mol. The summed E-state index contributed by atoms with van der Waals surface area (Å²) in [6.07, 6.45) is 1.18. The number of nitrogens with zero attached hydrogens (tertiary/aromatic N) is 4. The van der Waals surface area contributed by atoms with Crippen molar-refractivity contribution in [1.82, 2.24) is 19.2 Å². The summed E-state index contributed by atoms with van der Waals surface area (Å²) in [5, 5.41) is 4.64. The molecule has 1 aromatic heterocycles. The molecule has 1 saturated heterocycles. The molecule has 0 N–H and O–H groups in total. The molecule has 1 aliphatic rings. The van der Waals surface area contributed by atoms with E-state index in [1.54, 1.807) is 43.3 Å². The van der Waals surface area contributed by atoms with Gasteiger partial charge in [-0.05, 0) is 68.5 Å². The third kappa shape index (κ3) is 5.51. The van der Waals surface area contributed by atoms with E-state index >= 15 is 0 Å². The standard InChI is InChI=1S/C27H29ClN4O5/c1-4-37-26(35)20-9-7-13-30(15-20)24(33)23-25(34)31(16-19-8-5-6-10-22(19)28)27(36)32(29-23)21-12-11-17(2)18(3)14-21/h5-6,8,10-12,14,20H,4,7,9,13,15-16H2,1-3H3/t20-/m0/s1. The zero-order valence-electron chi connectivity index (χ0n) is 21.1. The summed E-state index contributed by atoms with van der Waals surface area (Å²) in [4.78, 5) is 54.3. The van der Waals surface area contributed by atoms with Gasteiger partial charge in [0.25, 0.3) is 11.5 Å². The smallest absolute Gasteiger partial charge is 0.352 e. The quantitative estimate of drug-likeness (QED) is 0.459. The molecule has 1 atom stereocenters. The molecule has 0 bridgehead atoms. The van der Waals surface area contributed by atoms with Crippen LogP contribution in [0, 0.1) is 19.8 Å². The summed E-state index contributed by atoms with van der Waals surface area (Å²) >= 11 is 6.31. The lowest BCUT2D eigenvalue weighted by Gasteiger charge is -2.31. The van der Waals surface area contributed by atoms with Crippen molar-refractivity contribution in [3.05, 3.63) is 90.7 Å². The first-order chi connectivity index (χ1) is 17.7. The van der Waals surface area contributed by atoms with Gasteiger partial charge in [0.05, 0.1) is 24.8 Å². The molecule has 2 heterocycles. The first-order valence-electron chi connectivity index (χ1n) is 12.2. The Balaban J connectivity index is 1.82. The molecule has 37 heavy (non-hydrogen) atoms. The lowest BCUT2D eigenvalue weighted by Crippen LogP contribution is -2.49. The number of carbonyl (C=O) groups is 2. The van der Waals surface area contributed by atoms with Crippen LogP contribution in [0.25, 0.3) is 5.69 Å². The van der Waals surface area contributed by atoms with Gasteiger partial charge in [0.15, 0.2) is 0 Å². The molecule has 4 rings (SSSR count). The Hall–Kier alpha value is -3.72. The number of halogens is 1. The van der Waals surface area contributed by atoms with Crippen LogP contribution >= 0.6 is 11.6 Å². The number of aryl methyl sites for hydroxylation is 2. The summed E-state index contributed by atoms with van der Waals surface area (Å²) < 4.78 is 7.18. The Kier molecular flexibility index (Phi) is 7.92. The maximum Gasteiger partial charge on any atom is 0.352 e. The molecule has 0 saturated carbocycles. The van der Waals surface area contributed by atoms with Crippen molar-refractivity contribution in [3.63, 3.8) is 0 Å². The van der Waals surface area contributed by atoms with Crippen molar-refractivity contribution < 1.29 is 14.3 Å². The maximum atomic E-state index is 13.6. The minimum Gasteiger partial charge on any atom is -0.466 e. The van der Waals surface area contributed by atoms with E-state index in [9.17, 15) is 19.2 Å². The van der Waals surface area contributed by atoms with Gasteiger partial charge in [-0.25, -0.2) is 4.79 Å². The first kappa shape index (κ1) is 26.3. The number of piperidine rings is 1. The molecule has 194 valence electrons. The van der Waals surface area contributed by atoms with Gasteiger partial charge in [0.2, 0.25) is 5.69 Å². The third-order valence-electron chi connectivity index (χ3n) is 6.61. The van der Waals surface area contributed by atoms with E-state index in [0.29, 0.717) is 35.7 Å². The van der Waals surface area contributed by atoms with Crippen molar-refractivity contribution >= 4 is 23.5 Å². The lowest BCUT2D eigenvalue weighted by molar-refractivity contribution is -0.149. The first-order valence-corrected chi connectivity index (χ1v) is 12.6. The van der Waals surface area contributed by atoms with Gasteiger partial charge in [0.1, 0.15) is 0 Å². The summed E-state index contributed by atoms with van der Waals surface area (Å²) in [5.41, 5.74) is 1.04. The average Bonchev–Trinajstić information content (AvgIpc) is 2.89. The Labute approximate surface area is 219 Å². The van der Waals surface area contributed by atoms with Gasteiger partial charge >= 0.3 is 11.7 Å². The number of hydrogen-bond donors (Lipinski definition) is 0. The van der Waals surface area contributed by atoms with Crippen molar-refractivity contribution in [2.75, 3.05) is 19.7 Å². The largest absolute Gasteiger partial charge is 0.466 e. The second-order valence-electron chi connectivity index (χ2n) is 9.14. The molecule has 1 fully saturated rings. The van der Waals surface area contributed by atoms with E-state index in [1.807, 2.05) is 19.9 Å². The summed E-state index contributed by atoms with van der Waals surface area (Å²) in [7, 11) is 0. The molecule has 0 aliphatic carbocycles. The molecule has 9 nitrogen and oxygen atoms in total. The normalized spacial score (nSPS) is 15.5. The molecular weight excluding hydrogens is 496 g/mol. The van der Waals surface area contributed by atoms with Crippen LogP contribution in [0.5, 0.6) is 0 Å². The van der Waals surface area contributed by atoms with E-state index in [2.05, 4.69) is 5.10 Å². The summed E-state index contributed by atoms with van der Waals surface area (Å²) in [6.45, 7) is 6.17. The van der Waals surface area contributed by atoms with E-state index < -0.39 is 28.8 Å². The number of carbonyl (C=O) groups excluding carboxylic acids is 2. The minimum absolute atomic E-state index is 0.117. The van der Waals surface area contributed by atoms with Crippen LogP contribution in [0.3, 0.4) is 0 Å². The van der Waals surface area contributed by atoms with Crippen LogP contribution in [0.1, 0.15) is 46.9 Å². The lowest BCUT2D eigenvalue weighted by atomic mass is 9.98. The van der Waals surface area contributed by atoms with Crippen LogP contribution in [-0.2, 0) is 16.1 Å². The molecule has 3 aromatic rings. The van der Waals surface area contributed by atoms with Gasteiger partial charge in [-0.15, -0.1) is 0 Å². The molecule has 2 aromatic carbocycles. The van der Waals surface area contributed by atoms with Crippen LogP contribution < -0.4 is 11.2 Å². The van der Waals surface area contributed by atoms with Crippen molar-refractivity contribution in [3.8, 4) is 5.69 Å². The number of ether oxygens (including phenoxy) is 1. The number of hydrogen-bond acceptors (Lipinski definition) is 6. The Morgan fingerprint density at radius 3 is 2.57 bits per heavy atom. The monoisotopic (exact) mass is 524 g/mol. The van der Waals surface area contributed by atoms with Gasteiger partial charge < -0.3 is 9.64 Å². The van der Waals surface area contributed by atoms with E-state index in [0.717, 1.165) is 20.4 Å². The predicted octanol–water partition coefficient (Wildman–Crippen LogP) is 3.13. The Morgan fingerprint density at radius 1 is 1.11 bits per heavy atom. The molecule has 10 heteroatoms. The minimum atomic E-state index is -0.812. The second-order valence-corrected chi connectivity index (χ2v) is 9.54. The van der Waals surface area contributed by atoms with Crippen LogP contribution in [0.2, 0.25) is 5.02 Å². The van der Waals surface area contributed by atoms with Crippen LogP contribution in [0.4, 0.5) is 0 Å². The number of likely N-dealkylation sites (tertiary alicyclic amines) is 1. The molecule has 0 radical (unpaired) electrons. The fourth-order valence-corrected chi connectivity index (χ4v) is 4.57. The fraction of sp³-hybridized carbons (Fsp3) is 0.370. The highest BCUT2D eigenvalue weighted by Gasteiger charge is 2.32. The number of esters is 1. The fourth-order valence-electron chi connectivity index (χ4n) is 4.37. The van der Waals surface area contributed by atoms with E-state index in [1.165, 1.54) is 4.90 Å². The number of amides is 1. The van der Waals surface area contributed by atoms with Gasteiger partial charge in [-0.2, -0.15) is 9.78 Å². The molecule has 1 aliphatic heterocycles. The number of rotatable bonds is 6. The van der Waals surface area contributed by atoms with Crippen molar-refractivity contribution in [1.29, 1.82) is 0 Å². The highest BCUT2D eigenvalue weighted by atomic mass is 35.5. The van der Waals surface area contributed by atoms with E-state index in [4.69, 9.17) is 16.3 Å². The van der Waals surface area contributed by atoms with Crippen molar-refractivity contribution in [2.45, 2.75) is 40.2 Å². The molecular formula is C27H29ClN4O5. The molecule has 1 amide bonds. The number of aromatic nitrogens is 3. The molecule has 0 unspecified atom stereocenters. The zero-order valence-corrected chi connectivity index (χ0v) is 21.8. The van der Waals surface area contributed by atoms with Crippen molar-refractivity contribution in [2.24, 2.45) is 5.92 Å². The maximum absolute atomic E-state index is 13.6. The third-order valence-corrected chi connectivity index (χ3v) is 6.98.